The lowest BCUT2D eigenvalue weighted by Crippen LogP contribution is -2.30. The Labute approximate surface area is 135 Å². The Bertz CT molecular complexity index is 786. The second kappa shape index (κ2) is 7.26. The average Bonchev–Trinajstić information content (AvgIpc) is 2.54. The number of ether oxygens (including phenoxy) is 1. The molecule has 2 rings (SSSR count). The molecular weight excluding hydrogens is 316 g/mol. The maximum atomic E-state index is 12.6. The number of anilines is 1. The van der Waals surface area contributed by atoms with Crippen molar-refractivity contribution >= 4 is 21.7 Å². The predicted octanol–water partition coefficient (Wildman–Crippen LogP) is 2.19. The summed E-state index contributed by atoms with van der Waals surface area (Å²) in [5.74, 6) is 0.366. The molecule has 0 bridgehead atoms. The van der Waals surface area contributed by atoms with Crippen molar-refractivity contribution in [1.82, 2.24) is 4.72 Å². The van der Waals surface area contributed by atoms with Gasteiger partial charge in [-0.25, -0.2) is 0 Å². The van der Waals surface area contributed by atoms with E-state index in [-0.39, 0.29) is 23.6 Å². The van der Waals surface area contributed by atoms with Gasteiger partial charge in [-0.3, -0.25) is 9.52 Å². The second-order valence-corrected chi connectivity index (χ2v) is 6.21. The Hall–Kier alpha value is -2.38. The molecule has 122 valence electrons. The van der Waals surface area contributed by atoms with Gasteiger partial charge in [-0.15, -0.1) is 0 Å². The number of benzene rings is 2. The maximum absolute atomic E-state index is 12.6. The van der Waals surface area contributed by atoms with Crippen LogP contribution in [0.1, 0.15) is 22.8 Å². The Morgan fingerprint density at radius 2 is 1.74 bits per heavy atom. The van der Waals surface area contributed by atoms with Crippen LogP contribution in [0.15, 0.2) is 48.5 Å². The fourth-order valence-electron chi connectivity index (χ4n) is 2.04. The highest BCUT2D eigenvalue weighted by Gasteiger charge is 2.17. The van der Waals surface area contributed by atoms with Gasteiger partial charge >= 0.3 is 0 Å². The summed E-state index contributed by atoms with van der Waals surface area (Å²) >= 11 is 0. The van der Waals surface area contributed by atoms with E-state index >= 15 is 0 Å². The van der Waals surface area contributed by atoms with Crippen molar-refractivity contribution in [2.24, 2.45) is 0 Å². The molecule has 0 saturated heterocycles. The third kappa shape index (κ3) is 4.30. The maximum Gasteiger partial charge on any atom is 0.299 e. The lowest BCUT2D eigenvalue weighted by Gasteiger charge is -2.12. The molecule has 2 aromatic carbocycles. The molecule has 0 amide bonds. The van der Waals surface area contributed by atoms with Crippen LogP contribution >= 0.6 is 0 Å². The number of carbonyl (C=O) groups is 1. The van der Waals surface area contributed by atoms with Gasteiger partial charge < -0.3 is 4.74 Å². The molecule has 7 heteroatoms. The molecule has 0 aliphatic rings. The summed E-state index contributed by atoms with van der Waals surface area (Å²) in [4.78, 5) is 12.6. The number of nitrogens with one attached hydrogen (secondary N) is 2. The quantitative estimate of drug-likeness (QED) is 0.760. The number of carbonyl (C=O) groups excluding carboxylic acids is 1. The zero-order valence-electron chi connectivity index (χ0n) is 12.9. The largest absolute Gasteiger partial charge is 0.497 e. The third-order valence-electron chi connectivity index (χ3n) is 3.10. The first-order valence-electron chi connectivity index (χ1n) is 7.02. The van der Waals surface area contributed by atoms with E-state index in [2.05, 4.69) is 9.44 Å². The summed E-state index contributed by atoms with van der Waals surface area (Å²) < 4.78 is 33.5. The van der Waals surface area contributed by atoms with Crippen LogP contribution in [0.25, 0.3) is 0 Å². The van der Waals surface area contributed by atoms with E-state index in [4.69, 9.17) is 4.74 Å². The minimum atomic E-state index is -3.71. The van der Waals surface area contributed by atoms with Crippen LogP contribution in [0.5, 0.6) is 5.75 Å². The molecule has 23 heavy (non-hydrogen) atoms. The lowest BCUT2D eigenvalue weighted by atomic mass is 10.0. The van der Waals surface area contributed by atoms with Gasteiger partial charge in [0.25, 0.3) is 10.2 Å². The fraction of sp³-hybridized carbons (Fsp3) is 0.188. The average molecular weight is 334 g/mol. The first-order chi connectivity index (χ1) is 11.0. The van der Waals surface area contributed by atoms with E-state index in [9.17, 15) is 13.2 Å². The van der Waals surface area contributed by atoms with Crippen LogP contribution in [0, 0.1) is 0 Å². The van der Waals surface area contributed by atoms with Crippen molar-refractivity contribution in [3.05, 3.63) is 59.7 Å². The van der Waals surface area contributed by atoms with Gasteiger partial charge in [0.15, 0.2) is 5.78 Å². The molecule has 6 nitrogen and oxygen atoms in total. The zero-order valence-corrected chi connectivity index (χ0v) is 13.7. The standard InChI is InChI=1S/C16H18N2O4S/c1-3-17-23(20,21)18-15-7-5-4-6-14(15)16(19)12-8-10-13(22-2)11-9-12/h4-11,17-18H,3H2,1-2H3. The molecule has 0 fully saturated rings. The topological polar surface area (TPSA) is 84.5 Å². The van der Waals surface area contributed by atoms with Crippen molar-refractivity contribution in [2.45, 2.75) is 6.92 Å². The molecule has 0 radical (unpaired) electrons. The van der Waals surface area contributed by atoms with Crippen LogP contribution in [0.4, 0.5) is 5.69 Å². The van der Waals surface area contributed by atoms with E-state index < -0.39 is 10.2 Å². The highest BCUT2D eigenvalue weighted by molar-refractivity contribution is 7.90. The molecule has 0 unspecified atom stereocenters. The van der Waals surface area contributed by atoms with Gasteiger partial charge in [0.2, 0.25) is 0 Å². The van der Waals surface area contributed by atoms with Gasteiger partial charge in [0.05, 0.1) is 12.8 Å². The zero-order chi connectivity index (χ0) is 16.9. The first-order valence-corrected chi connectivity index (χ1v) is 8.50. The smallest absolute Gasteiger partial charge is 0.299 e. The first kappa shape index (κ1) is 17.0. The van der Waals surface area contributed by atoms with Crippen LogP contribution in [-0.4, -0.2) is 27.9 Å². The van der Waals surface area contributed by atoms with E-state index in [1.165, 1.54) is 0 Å². The monoisotopic (exact) mass is 334 g/mol. The molecular formula is C16H18N2O4S. The summed E-state index contributed by atoms with van der Waals surface area (Å²) in [7, 11) is -2.16. The van der Waals surface area contributed by atoms with E-state index in [0.717, 1.165) is 0 Å². The van der Waals surface area contributed by atoms with Crippen LogP contribution < -0.4 is 14.2 Å². The predicted molar refractivity (Wildman–Crippen MR) is 89.1 cm³/mol. The van der Waals surface area contributed by atoms with Gasteiger partial charge in [-0.1, -0.05) is 19.1 Å². The molecule has 2 aromatic rings. The number of para-hydroxylation sites is 1. The Kier molecular flexibility index (Phi) is 5.36. The number of hydrogen-bond acceptors (Lipinski definition) is 4. The summed E-state index contributed by atoms with van der Waals surface area (Å²) in [6.45, 7) is 1.93. The SMILES string of the molecule is CCNS(=O)(=O)Nc1ccccc1C(=O)c1ccc(OC)cc1. The number of hydrogen-bond donors (Lipinski definition) is 2. The van der Waals surface area contributed by atoms with Crippen molar-refractivity contribution in [1.29, 1.82) is 0 Å². The van der Waals surface area contributed by atoms with Gasteiger partial charge in [-0.05, 0) is 36.4 Å². The van der Waals surface area contributed by atoms with Crippen molar-refractivity contribution in [3.8, 4) is 5.75 Å². The Balaban J connectivity index is 2.33. The Morgan fingerprint density at radius 1 is 1.09 bits per heavy atom. The summed E-state index contributed by atoms with van der Waals surface area (Å²) in [5.41, 5.74) is 0.953. The second-order valence-electron chi connectivity index (χ2n) is 4.71. The fourth-order valence-corrected chi connectivity index (χ4v) is 2.96. The van der Waals surface area contributed by atoms with Crippen molar-refractivity contribution < 1.29 is 17.9 Å². The summed E-state index contributed by atoms with van der Waals surface area (Å²) in [6.07, 6.45) is 0. The third-order valence-corrected chi connectivity index (χ3v) is 4.26. The molecule has 0 atom stereocenters. The normalized spacial score (nSPS) is 11.0. The molecule has 0 aromatic heterocycles. The Morgan fingerprint density at radius 3 is 2.35 bits per heavy atom. The molecule has 0 aliphatic carbocycles. The van der Waals surface area contributed by atoms with Crippen LogP contribution in [-0.2, 0) is 10.2 Å². The number of ketones is 1. The van der Waals surface area contributed by atoms with Crippen LogP contribution in [0.2, 0.25) is 0 Å². The molecule has 0 spiro atoms. The molecule has 0 heterocycles. The highest BCUT2D eigenvalue weighted by atomic mass is 32.2. The minimum absolute atomic E-state index is 0.231. The molecule has 2 N–H and O–H groups in total. The van der Waals surface area contributed by atoms with E-state index in [0.29, 0.717) is 11.3 Å². The van der Waals surface area contributed by atoms with E-state index in [1.54, 1.807) is 62.6 Å². The minimum Gasteiger partial charge on any atom is -0.497 e. The molecule has 0 aliphatic heterocycles. The van der Waals surface area contributed by atoms with Gasteiger partial charge in [0, 0.05) is 17.7 Å². The van der Waals surface area contributed by atoms with Gasteiger partial charge in [-0.2, -0.15) is 13.1 Å². The number of methoxy groups -OCH3 is 1. The number of rotatable bonds is 7. The van der Waals surface area contributed by atoms with Crippen LogP contribution in [0.3, 0.4) is 0 Å². The van der Waals surface area contributed by atoms with E-state index in [1.807, 2.05) is 0 Å². The van der Waals surface area contributed by atoms with Crippen molar-refractivity contribution in [3.63, 3.8) is 0 Å². The lowest BCUT2D eigenvalue weighted by molar-refractivity contribution is 0.103. The summed E-state index contributed by atoms with van der Waals surface area (Å²) in [5, 5.41) is 0. The highest BCUT2D eigenvalue weighted by Crippen LogP contribution is 2.21. The van der Waals surface area contributed by atoms with Gasteiger partial charge in [0.1, 0.15) is 5.75 Å². The molecule has 0 saturated carbocycles. The summed E-state index contributed by atoms with van der Waals surface area (Å²) in [6, 6.07) is 13.1. The van der Waals surface area contributed by atoms with Crippen molar-refractivity contribution in [2.75, 3.05) is 18.4 Å².